The summed E-state index contributed by atoms with van der Waals surface area (Å²) in [4.78, 5) is 30.8. The number of ether oxygens (including phenoxy) is 1. The molecular formula is C24H25ClN4O3S. The molecule has 0 aliphatic carbocycles. The summed E-state index contributed by atoms with van der Waals surface area (Å²) in [5.41, 5.74) is 3.51. The Balaban J connectivity index is 1.48. The number of nitrogens with zero attached hydrogens (tertiary/aromatic N) is 2. The van der Waals surface area contributed by atoms with Crippen LogP contribution in [0.15, 0.2) is 47.8 Å². The van der Waals surface area contributed by atoms with Crippen LogP contribution in [0.1, 0.15) is 31.1 Å². The molecule has 0 bridgehead atoms. The summed E-state index contributed by atoms with van der Waals surface area (Å²) < 4.78 is 5.80. The van der Waals surface area contributed by atoms with Gasteiger partial charge in [0.25, 0.3) is 5.91 Å². The van der Waals surface area contributed by atoms with Crippen molar-refractivity contribution in [2.24, 2.45) is 0 Å². The van der Waals surface area contributed by atoms with Crippen molar-refractivity contribution >= 4 is 51.3 Å². The van der Waals surface area contributed by atoms with E-state index in [1.165, 1.54) is 18.3 Å². The van der Waals surface area contributed by atoms with Gasteiger partial charge in [-0.05, 0) is 44.2 Å². The van der Waals surface area contributed by atoms with Gasteiger partial charge in [0, 0.05) is 42.2 Å². The Morgan fingerprint density at radius 3 is 2.58 bits per heavy atom. The zero-order valence-corrected chi connectivity index (χ0v) is 20.2. The van der Waals surface area contributed by atoms with E-state index in [-0.39, 0.29) is 24.0 Å². The van der Waals surface area contributed by atoms with Crippen LogP contribution in [0.5, 0.6) is 0 Å². The molecule has 2 N–H and O–H groups in total. The van der Waals surface area contributed by atoms with Crippen LogP contribution in [0.4, 0.5) is 16.5 Å². The first kappa shape index (κ1) is 23.2. The van der Waals surface area contributed by atoms with E-state index in [0.717, 1.165) is 24.3 Å². The molecule has 0 unspecified atom stereocenters. The molecule has 2 amide bonds. The summed E-state index contributed by atoms with van der Waals surface area (Å²) in [7, 11) is 0. The lowest BCUT2D eigenvalue weighted by molar-refractivity contribution is -0.114. The molecule has 9 heteroatoms. The van der Waals surface area contributed by atoms with Gasteiger partial charge in [-0.15, -0.1) is 11.3 Å². The van der Waals surface area contributed by atoms with Crippen molar-refractivity contribution in [3.8, 4) is 11.3 Å². The van der Waals surface area contributed by atoms with Gasteiger partial charge < -0.3 is 20.3 Å². The van der Waals surface area contributed by atoms with Crippen LogP contribution in [0.2, 0.25) is 5.02 Å². The third kappa shape index (κ3) is 5.71. The summed E-state index contributed by atoms with van der Waals surface area (Å²) in [6.07, 6.45) is 0.289. The zero-order valence-electron chi connectivity index (χ0n) is 18.6. The molecule has 4 rings (SSSR count). The Morgan fingerprint density at radius 2 is 1.88 bits per heavy atom. The maximum Gasteiger partial charge on any atom is 0.255 e. The van der Waals surface area contributed by atoms with Gasteiger partial charge in [-0.3, -0.25) is 9.59 Å². The average molecular weight is 485 g/mol. The summed E-state index contributed by atoms with van der Waals surface area (Å²) >= 11 is 7.84. The van der Waals surface area contributed by atoms with E-state index in [1.54, 1.807) is 18.2 Å². The summed E-state index contributed by atoms with van der Waals surface area (Å²) in [6, 6.07) is 12.8. The minimum atomic E-state index is -0.266. The van der Waals surface area contributed by atoms with Crippen molar-refractivity contribution in [1.29, 1.82) is 0 Å². The molecule has 33 heavy (non-hydrogen) atoms. The number of thiazole rings is 1. The first-order valence-corrected chi connectivity index (χ1v) is 11.9. The van der Waals surface area contributed by atoms with Gasteiger partial charge in [-0.1, -0.05) is 23.7 Å². The average Bonchev–Trinajstić information content (AvgIpc) is 3.22. The van der Waals surface area contributed by atoms with Crippen molar-refractivity contribution in [2.45, 2.75) is 33.0 Å². The number of hydrogen-bond donors (Lipinski definition) is 2. The van der Waals surface area contributed by atoms with Crippen molar-refractivity contribution in [3.63, 3.8) is 0 Å². The second-order valence-corrected chi connectivity index (χ2v) is 9.35. The highest BCUT2D eigenvalue weighted by Crippen LogP contribution is 2.30. The van der Waals surface area contributed by atoms with Gasteiger partial charge in [-0.25, -0.2) is 4.98 Å². The molecule has 0 radical (unpaired) electrons. The molecular weight excluding hydrogens is 460 g/mol. The number of amides is 2. The molecule has 1 aliphatic heterocycles. The maximum atomic E-state index is 12.9. The molecule has 1 saturated heterocycles. The van der Waals surface area contributed by atoms with Gasteiger partial charge in [0.15, 0.2) is 5.13 Å². The van der Waals surface area contributed by atoms with Crippen LogP contribution < -0.4 is 15.5 Å². The van der Waals surface area contributed by atoms with Crippen LogP contribution >= 0.6 is 22.9 Å². The smallest absolute Gasteiger partial charge is 0.255 e. The lowest BCUT2D eigenvalue weighted by Gasteiger charge is -2.37. The Labute approximate surface area is 201 Å². The first-order chi connectivity index (χ1) is 15.8. The molecule has 7 nitrogen and oxygen atoms in total. The van der Waals surface area contributed by atoms with Gasteiger partial charge in [0.2, 0.25) is 5.91 Å². The topological polar surface area (TPSA) is 83.6 Å². The van der Waals surface area contributed by atoms with E-state index in [2.05, 4.69) is 34.4 Å². The normalized spacial score (nSPS) is 18.1. The lowest BCUT2D eigenvalue weighted by atomic mass is 10.1. The molecule has 1 aliphatic rings. The maximum absolute atomic E-state index is 12.9. The first-order valence-electron chi connectivity index (χ1n) is 10.6. The molecule has 2 atom stereocenters. The van der Waals surface area contributed by atoms with Gasteiger partial charge >= 0.3 is 0 Å². The van der Waals surface area contributed by atoms with E-state index in [1.807, 2.05) is 29.6 Å². The number of carbonyl (C=O) groups is 2. The fraction of sp³-hybridized carbons (Fsp3) is 0.292. The van der Waals surface area contributed by atoms with E-state index in [9.17, 15) is 9.59 Å². The van der Waals surface area contributed by atoms with Crippen molar-refractivity contribution in [3.05, 3.63) is 58.4 Å². The number of benzene rings is 2. The van der Waals surface area contributed by atoms with Crippen molar-refractivity contribution < 1.29 is 14.3 Å². The minimum Gasteiger partial charge on any atom is -0.372 e. The highest BCUT2D eigenvalue weighted by molar-refractivity contribution is 7.14. The molecule has 2 aromatic carbocycles. The number of morpholine rings is 1. The van der Waals surface area contributed by atoms with Crippen LogP contribution in [0, 0.1) is 0 Å². The van der Waals surface area contributed by atoms with Gasteiger partial charge in [0.1, 0.15) is 0 Å². The van der Waals surface area contributed by atoms with Crippen LogP contribution in [-0.4, -0.2) is 42.1 Å². The monoisotopic (exact) mass is 484 g/mol. The minimum absolute atomic E-state index is 0.145. The number of rotatable bonds is 5. The summed E-state index contributed by atoms with van der Waals surface area (Å²) in [6.45, 7) is 7.13. The second-order valence-electron chi connectivity index (χ2n) is 8.08. The van der Waals surface area contributed by atoms with E-state index in [4.69, 9.17) is 16.3 Å². The van der Waals surface area contributed by atoms with Gasteiger partial charge in [-0.2, -0.15) is 0 Å². The Morgan fingerprint density at radius 1 is 1.12 bits per heavy atom. The molecule has 0 spiro atoms. The molecule has 0 saturated carbocycles. The van der Waals surface area contributed by atoms with E-state index < -0.39 is 0 Å². The number of halogens is 1. The zero-order chi connectivity index (χ0) is 23.5. The predicted octanol–water partition coefficient (Wildman–Crippen LogP) is 5.29. The largest absolute Gasteiger partial charge is 0.372 e. The third-order valence-electron chi connectivity index (χ3n) is 5.19. The van der Waals surface area contributed by atoms with E-state index in [0.29, 0.717) is 27.1 Å². The Hall–Kier alpha value is -2.94. The number of anilines is 3. The summed E-state index contributed by atoms with van der Waals surface area (Å²) in [5.74, 6) is -0.443. The van der Waals surface area contributed by atoms with Crippen LogP contribution in [0.25, 0.3) is 11.3 Å². The molecule has 2 heterocycles. The molecule has 172 valence electrons. The van der Waals surface area contributed by atoms with Crippen molar-refractivity contribution in [1.82, 2.24) is 4.98 Å². The molecule has 1 aromatic heterocycles. The summed E-state index contributed by atoms with van der Waals surface area (Å²) in [5, 5.41) is 8.39. The van der Waals surface area contributed by atoms with E-state index >= 15 is 0 Å². The second kappa shape index (κ2) is 9.91. The lowest BCUT2D eigenvalue weighted by Crippen LogP contribution is -2.45. The Kier molecular flexibility index (Phi) is 6.97. The number of hydrogen-bond acceptors (Lipinski definition) is 6. The molecule has 3 aromatic rings. The fourth-order valence-corrected chi connectivity index (χ4v) is 4.81. The molecule has 1 fully saturated rings. The van der Waals surface area contributed by atoms with Crippen molar-refractivity contribution in [2.75, 3.05) is 28.6 Å². The van der Waals surface area contributed by atoms with Crippen LogP contribution in [-0.2, 0) is 9.53 Å². The number of aromatic nitrogens is 1. The number of carbonyl (C=O) groups excluding carboxylic acids is 2. The third-order valence-corrected chi connectivity index (χ3v) is 6.26. The fourth-order valence-electron chi connectivity index (χ4n) is 3.82. The highest BCUT2D eigenvalue weighted by Gasteiger charge is 2.23. The SMILES string of the molecule is CC(=O)Nc1nc(-c2cccc(C(=O)Nc3ccc(N4C[C@@H](C)O[C@@H](C)C4)cc3Cl)c2)cs1. The van der Waals surface area contributed by atoms with Crippen LogP contribution in [0.3, 0.4) is 0 Å². The standard InChI is InChI=1S/C24H25ClN4O3S/c1-14-11-29(12-15(2)32-14)19-7-8-21(20(25)10-19)27-23(31)18-6-4-5-17(9-18)22-13-33-24(28-22)26-16(3)30/h4-10,13-15H,11-12H2,1-3H3,(H,27,31)(H,26,28,30)/t14-,15+. The predicted molar refractivity (Wildman–Crippen MR) is 133 cm³/mol. The number of nitrogens with one attached hydrogen (secondary N) is 2. The Bertz CT molecular complexity index is 1170. The quantitative estimate of drug-likeness (QED) is 0.514. The van der Waals surface area contributed by atoms with Gasteiger partial charge in [0.05, 0.1) is 28.6 Å². The highest BCUT2D eigenvalue weighted by atomic mass is 35.5.